The monoisotopic (exact) mass is 220 g/mol. The third-order valence-electron chi connectivity index (χ3n) is 2.06. The Kier molecular flexibility index (Phi) is 3.83. The fraction of sp³-hybridized carbons (Fsp3) is 0.167. The summed E-state index contributed by atoms with van der Waals surface area (Å²) in [6, 6.07) is 6.40. The fourth-order valence-electron chi connectivity index (χ4n) is 1.13. The number of hydrogen-bond donors (Lipinski definition) is 0. The van der Waals surface area contributed by atoms with E-state index in [1.54, 1.807) is 24.3 Å². The highest BCUT2D eigenvalue weighted by Crippen LogP contribution is 2.14. The molecule has 4 heteroatoms. The highest BCUT2D eigenvalue weighted by molar-refractivity contribution is 6.23. The zero-order valence-corrected chi connectivity index (χ0v) is 9.15. The van der Waals surface area contributed by atoms with E-state index in [1.807, 2.05) is 0 Å². The number of carbonyl (C=O) groups excluding carboxylic acids is 2. The summed E-state index contributed by atoms with van der Waals surface area (Å²) in [5.74, 6) is -0.532. The van der Waals surface area contributed by atoms with E-state index in [-0.39, 0.29) is 5.57 Å². The van der Waals surface area contributed by atoms with E-state index in [0.29, 0.717) is 11.3 Å². The molecular weight excluding hydrogens is 208 g/mol. The van der Waals surface area contributed by atoms with Gasteiger partial charge in [-0.3, -0.25) is 4.79 Å². The molecule has 0 aliphatic rings. The molecule has 0 N–H and O–H groups in total. The fourth-order valence-corrected chi connectivity index (χ4v) is 1.13. The van der Waals surface area contributed by atoms with Crippen LogP contribution in [0.25, 0.3) is 0 Å². The van der Waals surface area contributed by atoms with Gasteiger partial charge in [-0.2, -0.15) is 0 Å². The van der Waals surface area contributed by atoms with Crippen LogP contribution in [0.5, 0.6) is 5.75 Å². The largest absolute Gasteiger partial charge is 0.497 e. The van der Waals surface area contributed by atoms with Crippen molar-refractivity contribution in [2.45, 2.75) is 0 Å². The Labute approximate surface area is 93.5 Å². The van der Waals surface area contributed by atoms with Gasteiger partial charge in [0.1, 0.15) is 11.3 Å². The van der Waals surface area contributed by atoms with Gasteiger partial charge in [0.25, 0.3) is 0 Å². The van der Waals surface area contributed by atoms with Gasteiger partial charge in [-0.15, -0.1) is 0 Å². The second-order valence-corrected chi connectivity index (χ2v) is 3.03. The molecule has 1 aromatic rings. The van der Waals surface area contributed by atoms with Crippen molar-refractivity contribution in [3.05, 3.63) is 42.0 Å². The minimum atomic E-state index is -0.721. The van der Waals surface area contributed by atoms with Gasteiger partial charge in [-0.1, -0.05) is 6.58 Å². The molecule has 0 fully saturated rings. The van der Waals surface area contributed by atoms with Gasteiger partial charge in [0, 0.05) is 5.56 Å². The number of hydrogen-bond acceptors (Lipinski definition) is 4. The molecule has 0 bridgehead atoms. The van der Waals surface area contributed by atoms with E-state index < -0.39 is 11.8 Å². The molecule has 0 amide bonds. The number of benzene rings is 1. The molecule has 1 rings (SSSR count). The van der Waals surface area contributed by atoms with Crippen molar-refractivity contribution >= 4 is 11.8 Å². The van der Waals surface area contributed by atoms with E-state index in [2.05, 4.69) is 11.3 Å². The molecule has 0 unspecified atom stereocenters. The molecule has 0 aliphatic carbocycles. The van der Waals surface area contributed by atoms with Gasteiger partial charge in [0.15, 0.2) is 5.78 Å². The lowest BCUT2D eigenvalue weighted by molar-refractivity contribution is -0.135. The van der Waals surface area contributed by atoms with Gasteiger partial charge in [-0.05, 0) is 24.3 Å². The van der Waals surface area contributed by atoms with Crippen LogP contribution in [0, 0.1) is 0 Å². The van der Waals surface area contributed by atoms with E-state index in [4.69, 9.17) is 4.74 Å². The molecule has 0 aliphatic heterocycles. The molecule has 1 aromatic carbocycles. The van der Waals surface area contributed by atoms with Crippen molar-refractivity contribution in [2.75, 3.05) is 14.2 Å². The van der Waals surface area contributed by atoms with Crippen LogP contribution >= 0.6 is 0 Å². The first-order valence-electron chi connectivity index (χ1n) is 4.56. The van der Waals surface area contributed by atoms with Gasteiger partial charge >= 0.3 is 5.97 Å². The first-order chi connectivity index (χ1) is 7.60. The summed E-state index contributed by atoms with van der Waals surface area (Å²) in [6.45, 7) is 3.39. The minimum Gasteiger partial charge on any atom is -0.497 e. The lowest BCUT2D eigenvalue weighted by Gasteiger charge is -2.04. The first-order valence-corrected chi connectivity index (χ1v) is 4.56. The van der Waals surface area contributed by atoms with Crippen molar-refractivity contribution in [3.63, 3.8) is 0 Å². The third kappa shape index (κ3) is 2.48. The summed E-state index contributed by atoms with van der Waals surface area (Å²) in [4.78, 5) is 22.8. The number of ketones is 1. The average Bonchev–Trinajstić information content (AvgIpc) is 2.36. The highest BCUT2D eigenvalue weighted by Gasteiger charge is 2.17. The summed E-state index contributed by atoms with van der Waals surface area (Å²) in [7, 11) is 2.74. The molecule has 0 atom stereocenters. The van der Waals surface area contributed by atoms with Crippen LogP contribution in [0.15, 0.2) is 36.4 Å². The minimum absolute atomic E-state index is 0.187. The Morgan fingerprint density at radius 2 is 1.69 bits per heavy atom. The van der Waals surface area contributed by atoms with Gasteiger partial charge in [0.2, 0.25) is 0 Å². The molecular formula is C12H12O4. The van der Waals surface area contributed by atoms with Crippen molar-refractivity contribution in [1.29, 1.82) is 0 Å². The number of ether oxygens (including phenoxy) is 2. The van der Waals surface area contributed by atoms with Crippen LogP contribution < -0.4 is 4.74 Å². The van der Waals surface area contributed by atoms with Gasteiger partial charge < -0.3 is 9.47 Å². The summed E-state index contributed by atoms with van der Waals surface area (Å²) < 4.78 is 9.37. The molecule has 16 heavy (non-hydrogen) atoms. The average molecular weight is 220 g/mol. The Morgan fingerprint density at radius 3 is 2.12 bits per heavy atom. The number of carbonyl (C=O) groups is 2. The Morgan fingerprint density at radius 1 is 1.12 bits per heavy atom. The van der Waals surface area contributed by atoms with Crippen molar-refractivity contribution < 1.29 is 19.1 Å². The highest BCUT2D eigenvalue weighted by atomic mass is 16.5. The molecule has 0 aromatic heterocycles. The summed E-state index contributed by atoms with van der Waals surface area (Å²) in [5.41, 5.74) is 0.184. The molecule has 0 saturated carbocycles. The predicted octanol–water partition coefficient (Wildman–Crippen LogP) is 1.61. The molecule has 4 nitrogen and oxygen atoms in total. The third-order valence-corrected chi connectivity index (χ3v) is 2.06. The Hall–Kier alpha value is -2.10. The second kappa shape index (κ2) is 5.11. The molecule has 0 spiro atoms. The number of methoxy groups -OCH3 is 2. The molecule has 84 valence electrons. The predicted molar refractivity (Wildman–Crippen MR) is 58.5 cm³/mol. The standard InChI is InChI=1S/C12H12O4/c1-8(12(14)16-3)11(13)9-4-6-10(15-2)7-5-9/h4-7H,1H2,2-3H3. The van der Waals surface area contributed by atoms with Crippen molar-refractivity contribution in [3.8, 4) is 5.75 Å². The van der Waals surface area contributed by atoms with E-state index in [0.717, 1.165) is 0 Å². The normalized spacial score (nSPS) is 9.38. The lowest BCUT2D eigenvalue weighted by atomic mass is 10.1. The number of Topliss-reactive ketones (excluding diaryl/α,β-unsaturated/α-hetero) is 1. The maximum atomic E-state index is 11.7. The zero-order valence-electron chi connectivity index (χ0n) is 9.15. The number of esters is 1. The van der Waals surface area contributed by atoms with Crippen LogP contribution in [-0.2, 0) is 9.53 Å². The first kappa shape index (κ1) is 12.0. The smallest absolute Gasteiger partial charge is 0.341 e. The number of rotatable bonds is 4. The molecule has 0 radical (unpaired) electrons. The SMILES string of the molecule is C=C(C(=O)OC)C(=O)c1ccc(OC)cc1. The van der Waals surface area contributed by atoms with Crippen molar-refractivity contribution in [1.82, 2.24) is 0 Å². The lowest BCUT2D eigenvalue weighted by Crippen LogP contribution is -2.13. The van der Waals surface area contributed by atoms with E-state index in [9.17, 15) is 9.59 Å². The van der Waals surface area contributed by atoms with E-state index in [1.165, 1.54) is 14.2 Å². The van der Waals surface area contributed by atoms with Gasteiger partial charge in [-0.25, -0.2) is 4.79 Å². The summed E-state index contributed by atoms with van der Waals surface area (Å²) in [5, 5.41) is 0. The van der Waals surface area contributed by atoms with Crippen LogP contribution in [0.3, 0.4) is 0 Å². The van der Waals surface area contributed by atoms with Gasteiger partial charge in [0.05, 0.1) is 14.2 Å². The second-order valence-electron chi connectivity index (χ2n) is 3.03. The Bertz CT molecular complexity index is 417. The molecule has 0 saturated heterocycles. The maximum absolute atomic E-state index is 11.7. The van der Waals surface area contributed by atoms with E-state index >= 15 is 0 Å². The van der Waals surface area contributed by atoms with Crippen LogP contribution in [-0.4, -0.2) is 26.0 Å². The maximum Gasteiger partial charge on any atom is 0.341 e. The summed E-state index contributed by atoms with van der Waals surface area (Å²) in [6.07, 6.45) is 0. The molecule has 0 heterocycles. The summed E-state index contributed by atoms with van der Waals surface area (Å²) >= 11 is 0. The zero-order chi connectivity index (χ0) is 12.1. The van der Waals surface area contributed by atoms with Crippen LogP contribution in [0.4, 0.5) is 0 Å². The Balaban J connectivity index is 2.88. The topological polar surface area (TPSA) is 52.6 Å². The van der Waals surface area contributed by atoms with Crippen LogP contribution in [0.2, 0.25) is 0 Å². The van der Waals surface area contributed by atoms with Crippen molar-refractivity contribution in [2.24, 2.45) is 0 Å². The quantitative estimate of drug-likeness (QED) is 0.254. The van der Waals surface area contributed by atoms with Crippen LogP contribution in [0.1, 0.15) is 10.4 Å².